The molecule has 0 aromatic heterocycles. The second kappa shape index (κ2) is 6.28. The molecule has 3 aromatic rings. The van der Waals surface area contributed by atoms with Gasteiger partial charge in [-0.05, 0) is 46.0 Å². The minimum absolute atomic E-state index is 0.690. The van der Waals surface area contributed by atoms with E-state index in [1.165, 1.54) is 10.9 Å². The second-order valence-corrected chi connectivity index (χ2v) is 5.33. The van der Waals surface area contributed by atoms with Gasteiger partial charge in [0.05, 0.1) is 11.6 Å². The topological polar surface area (TPSA) is 23.8 Å². The molecule has 0 aliphatic heterocycles. The van der Waals surface area contributed by atoms with Crippen LogP contribution < -0.4 is 0 Å². The number of hydrogen-bond donors (Lipinski definition) is 0. The molecule has 0 heterocycles. The number of nitriles is 1. The summed E-state index contributed by atoms with van der Waals surface area (Å²) >= 11 is 0. The molecular formula is C21H17N. The number of nitrogens with zero attached hydrogens (tertiary/aromatic N) is 1. The predicted octanol–water partition coefficient (Wildman–Crippen LogP) is 5.47. The highest BCUT2D eigenvalue weighted by Gasteiger charge is 2.03. The summed E-state index contributed by atoms with van der Waals surface area (Å²) in [6.07, 6.45) is 2.98. The van der Waals surface area contributed by atoms with Gasteiger partial charge in [-0.25, -0.2) is 0 Å². The number of benzene rings is 3. The molecule has 0 radical (unpaired) electrons. The van der Waals surface area contributed by atoms with Crippen molar-refractivity contribution in [2.45, 2.75) is 13.3 Å². The number of allylic oxidation sites excluding steroid dienone is 1. The van der Waals surface area contributed by atoms with E-state index in [0.717, 1.165) is 22.9 Å². The normalized spacial score (nSPS) is 11.4. The van der Waals surface area contributed by atoms with E-state index in [9.17, 15) is 5.26 Å². The van der Waals surface area contributed by atoms with Crippen LogP contribution in [0.1, 0.15) is 23.6 Å². The first-order valence-electron chi connectivity index (χ1n) is 7.50. The van der Waals surface area contributed by atoms with Crippen LogP contribution in [-0.2, 0) is 6.42 Å². The van der Waals surface area contributed by atoms with E-state index in [1.54, 1.807) is 0 Å². The van der Waals surface area contributed by atoms with Crippen molar-refractivity contribution >= 4 is 22.4 Å². The molecule has 22 heavy (non-hydrogen) atoms. The van der Waals surface area contributed by atoms with Crippen molar-refractivity contribution in [2.24, 2.45) is 0 Å². The molecule has 0 saturated carbocycles. The van der Waals surface area contributed by atoms with Gasteiger partial charge >= 0.3 is 0 Å². The average Bonchev–Trinajstić information content (AvgIpc) is 2.59. The fourth-order valence-corrected chi connectivity index (χ4v) is 2.55. The Morgan fingerprint density at radius 2 is 1.68 bits per heavy atom. The third-order valence-corrected chi connectivity index (χ3v) is 3.88. The first-order valence-corrected chi connectivity index (χ1v) is 7.50. The highest BCUT2D eigenvalue weighted by molar-refractivity contribution is 5.94. The molecule has 3 rings (SSSR count). The highest BCUT2D eigenvalue weighted by atomic mass is 14.2. The summed E-state index contributed by atoms with van der Waals surface area (Å²) < 4.78 is 0. The van der Waals surface area contributed by atoms with E-state index in [4.69, 9.17) is 0 Å². The highest BCUT2D eigenvalue weighted by Crippen LogP contribution is 2.23. The standard InChI is InChI=1S/C21H17N/c1-2-16-7-9-17(10-8-16)13-21(15-22)20-12-11-18-5-3-4-6-19(18)14-20/h3-14H,2H2,1H3/b21-13-. The van der Waals surface area contributed by atoms with Gasteiger partial charge in [0.1, 0.15) is 0 Å². The van der Waals surface area contributed by atoms with Gasteiger partial charge in [0.15, 0.2) is 0 Å². The van der Waals surface area contributed by atoms with E-state index in [2.05, 4.69) is 61.5 Å². The number of hydrogen-bond acceptors (Lipinski definition) is 1. The lowest BCUT2D eigenvalue weighted by molar-refractivity contribution is 1.14. The number of aryl methyl sites for hydroxylation is 1. The maximum absolute atomic E-state index is 9.50. The zero-order valence-electron chi connectivity index (χ0n) is 12.6. The van der Waals surface area contributed by atoms with E-state index < -0.39 is 0 Å². The van der Waals surface area contributed by atoms with Crippen molar-refractivity contribution in [3.05, 3.63) is 83.4 Å². The van der Waals surface area contributed by atoms with Gasteiger partial charge in [0.25, 0.3) is 0 Å². The quantitative estimate of drug-likeness (QED) is 0.462. The first kappa shape index (κ1) is 14.1. The van der Waals surface area contributed by atoms with Gasteiger partial charge in [-0.15, -0.1) is 0 Å². The second-order valence-electron chi connectivity index (χ2n) is 5.33. The summed E-state index contributed by atoms with van der Waals surface area (Å²) in [6, 6.07) is 25.0. The van der Waals surface area contributed by atoms with Crippen molar-refractivity contribution in [3.63, 3.8) is 0 Å². The van der Waals surface area contributed by atoms with E-state index in [1.807, 2.05) is 24.3 Å². The minimum atomic E-state index is 0.690. The number of fused-ring (bicyclic) bond motifs is 1. The molecule has 0 aliphatic carbocycles. The van der Waals surface area contributed by atoms with Crippen LogP contribution in [0.15, 0.2) is 66.7 Å². The van der Waals surface area contributed by atoms with Gasteiger partial charge in [0, 0.05) is 0 Å². The van der Waals surface area contributed by atoms with Crippen LogP contribution in [0, 0.1) is 11.3 Å². The summed E-state index contributed by atoms with van der Waals surface area (Å²) in [6.45, 7) is 2.14. The average molecular weight is 283 g/mol. The monoisotopic (exact) mass is 283 g/mol. The Bertz CT molecular complexity index is 864. The molecular weight excluding hydrogens is 266 g/mol. The van der Waals surface area contributed by atoms with Crippen molar-refractivity contribution in [3.8, 4) is 6.07 Å². The lowest BCUT2D eigenvalue weighted by atomic mass is 10.00. The molecule has 0 bridgehead atoms. The summed E-state index contributed by atoms with van der Waals surface area (Å²) in [7, 11) is 0. The molecule has 0 unspecified atom stereocenters. The third-order valence-electron chi connectivity index (χ3n) is 3.88. The van der Waals surface area contributed by atoms with Crippen LogP contribution in [0.2, 0.25) is 0 Å². The number of rotatable bonds is 3. The molecule has 1 heteroatoms. The zero-order valence-corrected chi connectivity index (χ0v) is 12.6. The fraction of sp³-hybridized carbons (Fsp3) is 0.0952. The van der Waals surface area contributed by atoms with Crippen molar-refractivity contribution in [1.29, 1.82) is 5.26 Å². The van der Waals surface area contributed by atoms with Crippen molar-refractivity contribution < 1.29 is 0 Å². The lowest BCUT2D eigenvalue weighted by Crippen LogP contribution is -1.84. The predicted molar refractivity (Wildman–Crippen MR) is 93.3 cm³/mol. The first-order chi connectivity index (χ1) is 10.8. The Morgan fingerprint density at radius 1 is 0.955 bits per heavy atom. The van der Waals surface area contributed by atoms with Crippen LogP contribution in [0.3, 0.4) is 0 Å². The molecule has 0 atom stereocenters. The van der Waals surface area contributed by atoms with Crippen LogP contribution in [0.5, 0.6) is 0 Å². The third kappa shape index (κ3) is 2.92. The van der Waals surface area contributed by atoms with E-state index in [-0.39, 0.29) is 0 Å². The molecule has 0 N–H and O–H groups in total. The molecule has 1 nitrogen and oxygen atoms in total. The molecule has 3 aromatic carbocycles. The summed E-state index contributed by atoms with van der Waals surface area (Å²) in [5, 5.41) is 11.8. The summed E-state index contributed by atoms with van der Waals surface area (Å²) in [5.74, 6) is 0. The van der Waals surface area contributed by atoms with Crippen LogP contribution in [0.25, 0.3) is 22.4 Å². The Morgan fingerprint density at radius 3 is 2.36 bits per heavy atom. The van der Waals surface area contributed by atoms with Gasteiger partial charge in [-0.2, -0.15) is 5.26 Å². The van der Waals surface area contributed by atoms with Crippen molar-refractivity contribution in [1.82, 2.24) is 0 Å². The van der Waals surface area contributed by atoms with Gasteiger partial charge in [-0.1, -0.05) is 67.6 Å². The summed E-state index contributed by atoms with van der Waals surface area (Å²) in [4.78, 5) is 0. The molecule has 0 fully saturated rings. The SMILES string of the molecule is CCc1ccc(/C=C(/C#N)c2ccc3ccccc3c2)cc1. The Labute approximate surface area is 131 Å². The van der Waals surface area contributed by atoms with Crippen LogP contribution in [-0.4, -0.2) is 0 Å². The van der Waals surface area contributed by atoms with Crippen molar-refractivity contribution in [2.75, 3.05) is 0 Å². The summed E-state index contributed by atoms with van der Waals surface area (Å²) in [5.41, 5.74) is 4.01. The van der Waals surface area contributed by atoms with Gasteiger partial charge < -0.3 is 0 Å². The molecule has 0 saturated heterocycles. The Kier molecular flexibility index (Phi) is 4.03. The molecule has 0 amide bonds. The maximum Gasteiger partial charge on any atom is 0.0998 e. The fourth-order valence-electron chi connectivity index (χ4n) is 2.55. The molecule has 0 spiro atoms. The van der Waals surface area contributed by atoms with E-state index in [0.29, 0.717) is 5.57 Å². The largest absolute Gasteiger partial charge is 0.192 e. The Balaban J connectivity index is 2.01. The lowest BCUT2D eigenvalue weighted by Gasteiger charge is -2.03. The molecule has 106 valence electrons. The Hall–Kier alpha value is -2.85. The molecule has 0 aliphatic rings. The van der Waals surface area contributed by atoms with E-state index >= 15 is 0 Å². The maximum atomic E-state index is 9.50. The van der Waals surface area contributed by atoms with Crippen LogP contribution >= 0.6 is 0 Å². The van der Waals surface area contributed by atoms with Crippen LogP contribution in [0.4, 0.5) is 0 Å². The minimum Gasteiger partial charge on any atom is -0.192 e. The van der Waals surface area contributed by atoms with Gasteiger partial charge in [0.2, 0.25) is 0 Å². The zero-order chi connectivity index (χ0) is 15.4. The van der Waals surface area contributed by atoms with Gasteiger partial charge in [-0.3, -0.25) is 0 Å². The smallest absolute Gasteiger partial charge is 0.0998 e.